The number of nitrogens with zero attached hydrogens (tertiary/aromatic N) is 3. The second-order valence-corrected chi connectivity index (χ2v) is 5.06. The minimum atomic E-state index is -0.491. The number of amides is 1. The summed E-state index contributed by atoms with van der Waals surface area (Å²) in [4.78, 5) is 21.8. The first-order chi connectivity index (χ1) is 8.79. The van der Waals surface area contributed by atoms with Crippen LogP contribution in [-0.2, 0) is 4.79 Å². The van der Waals surface area contributed by atoms with Crippen LogP contribution in [0.4, 0.5) is 5.69 Å². The molecule has 0 heterocycles. The molecule has 1 N–H and O–H groups in total. The molecule has 0 fully saturated rings. The van der Waals surface area contributed by atoms with Crippen molar-refractivity contribution in [2.45, 2.75) is 0 Å². The highest BCUT2D eigenvalue weighted by atomic mass is 16.6. The maximum atomic E-state index is 11.5. The van der Waals surface area contributed by atoms with Gasteiger partial charge in [-0.25, -0.2) is 5.43 Å². The fraction of sp³-hybridized carbons (Fsp3) is 0.333. The molecule has 0 aromatic heterocycles. The predicted octanol–water partition coefficient (Wildman–Crippen LogP) is 0.751. The number of hydrazone groups is 1. The smallest absolute Gasteiger partial charge is 0.295 e. The van der Waals surface area contributed by atoms with Gasteiger partial charge in [0.1, 0.15) is 0 Å². The number of nitro groups is 1. The maximum Gasteiger partial charge on any atom is 0.295 e. The van der Waals surface area contributed by atoms with Gasteiger partial charge in [0.2, 0.25) is 0 Å². The molecule has 0 aliphatic carbocycles. The van der Waals surface area contributed by atoms with Gasteiger partial charge in [0.25, 0.3) is 11.6 Å². The van der Waals surface area contributed by atoms with E-state index in [-0.39, 0.29) is 18.1 Å². The summed E-state index contributed by atoms with van der Waals surface area (Å²) in [5.74, 6) is -0.248. The molecule has 0 atom stereocenters. The molecule has 0 bridgehead atoms. The zero-order valence-electron chi connectivity index (χ0n) is 11.2. The molecule has 0 spiro atoms. The SMILES string of the molecule is C[N+](C)(C)CC(=O)N/N=C\c1ccccc1[N+](=O)[O-]. The highest BCUT2D eigenvalue weighted by Crippen LogP contribution is 2.14. The number of nitrogens with one attached hydrogen (secondary N) is 1. The summed E-state index contributed by atoms with van der Waals surface area (Å²) in [5.41, 5.74) is 2.64. The van der Waals surface area contributed by atoms with Gasteiger partial charge in [0, 0.05) is 6.07 Å². The second kappa shape index (κ2) is 6.05. The standard InChI is InChI=1S/C12H16N4O3/c1-16(2,3)9-12(17)14-13-8-10-6-4-5-7-11(10)15(18)19/h4-8H,9H2,1-3H3/p+1/b13-8-. The third-order valence-corrected chi connectivity index (χ3v) is 2.14. The molecular weight excluding hydrogens is 248 g/mol. The first-order valence-corrected chi connectivity index (χ1v) is 5.65. The molecule has 7 nitrogen and oxygen atoms in total. The van der Waals surface area contributed by atoms with Crippen LogP contribution in [0, 0.1) is 10.1 Å². The van der Waals surface area contributed by atoms with Crippen molar-refractivity contribution < 1.29 is 14.2 Å². The summed E-state index contributed by atoms with van der Waals surface area (Å²) in [7, 11) is 5.64. The number of rotatable bonds is 5. The number of quaternary nitrogens is 1. The Morgan fingerprint density at radius 3 is 2.63 bits per heavy atom. The van der Waals surface area contributed by atoms with E-state index in [1.54, 1.807) is 18.2 Å². The van der Waals surface area contributed by atoms with Gasteiger partial charge in [-0.15, -0.1) is 0 Å². The van der Waals surface area contributed by atoms with Crippen molar-refractivity contribution in [3.05, 3.63) is 39.9 Å². The summed E-state index contributed by atoms with van der Waals surface area (Å²) >= 11 is 0. The Labute approximate surface area is 111 Å². The normalized spacial score (nSPS) is 11.5. The molecule has 102 valence electrons. The molecular formula is C12H17N4O3+. The fourth-order valence-corrected chi connectivity index (χ4v) is 1.40. The Morgan fingerprint density at radius 2 is 2.05 bits per heavy atom. The molecule has 1 aromatic carbocycles. The molecule has 0 aliphatic heterocycles. The van der Waals surface area contributed by atoms with Gasteiger partial charge < -0.3 is 4.48 Å². The van der Waals surface area contributed by atoms with Crippen LogP contribution in [0.5, 0.6) is 0 Å². The molecule has 0 saturated heterocycles. The van der Waals surface area contributed by atoms with E-state index in [0.717, 1.165) is 0 Å². The summed E-state index contributed by atoms with van der Waals surface area (Å²) in [6.07, 6.45) is 1.27. The van der Waals surface area contributed by atoms with Gasteiger partial charge in [-0.05, 0) is 6.07 Å². The van der Waals surface area contributed by atoms with Gasteiger partial charge in [0.05, 0.1) is 37.8 Å². The lowest BCUT2D eigenvalue weighted by Gasteiger charge is -2.21. The Kier molecular flexibility index (Phi) is 4.71. The van der Waals surface area contributed by atoms with E-state index in [9.17, 15) is 14.9 Å². The predicted molar refractivity (Wildman–Crippen MR) is 71.7 cm³/mol. The first-order valence-electron chi connectivity index (χ1n) is 5.65. The minimum absolute atomic E-state index is 0.0490. The van der Waals surface area contributed by atoms with Crippen LogP contribution >= 0.6 is 0 Å². The molecule has 0 aliphatic rings. The van der Waals surface area contributed by atoms with Crippen LogP contribution in [0.2, 0.25) is 0 Å². The number of carbonyl (C=O) groups is 1. The molecule has 0 radical (unpaired) electrons. The number of nitro benzene ring substituents is 1. The van der Waals surface area contributed by atoms with E-state index in [0.29, 0.717) is 10.0 Å². The van der Waals surface area contributed by atoms with Gasteiger partial charge in [-0.3, -0.25) is 14.9 Å². The van der Waals surface area contributed by atoms with Crippen molar-refractivity contribution in [1.82, 2.24) is 5.43 Å². The summed E-state index contributed by atoms with van der Waals surface area (Å²) in [5, 5.41) is 14.5. The van der Waals surface area contributed by atoms with Crippen molar-refractivity contribution in [3.8, 4) is 0 Å². The van der Waals surface area contributed by atoms with Crippen LogP contribution in [0.1, 0.15) is 5.56 Å². The van der Waals surface area contributed by atoms with Gasteiger partial charge >= 0.3 is 0 Å². The van der Waals surface area contributed by atoms with Crippen LogP contribution in [0.3, 0.4) is 0 Å². The Hall–Kier alpha value is -2.28. The number of hydrogen-bond acceptors (Lipinski definition) is 4. The van der Waals surface area contributed by atoms with E-state index in [4.69, 9.17) is 0 Å². The third-order valence-electron chi connectivity index (χ3n) is 2.14. The molecule has 0 unspecified atom stereocenters. The number of carbonyl (C=O) groups excluding carboxylic acids is 1. The topological polar surface area (TPSA) is 84.6 Å². The summed E-state index contributed by atoms with van der Waals surface area (Å²) in [6.45, 7) is 0.272. The van der Waals surface area contributed by atoms with Crippen molar-refractivity contribution in [3.63, 3.8) is 0 Å². The van der Waals surface area contributed by atoms with Crippen molar-refractivity contribution in [1.29, 1.82) is 0 Å². The molecule has 0 saturated carbocycles. The Balaban J connectivity index is 2.68. The minimum Gasteiger partial charge on any atom is -0.323 e. The fourth-order valence-electron chi connectivity index (χ4n) is 1.40. The Bertz CT molecular complexity index is 506. The number of benzene rings is 1. The van der Waals surface area contributed by atoms with Crippen LogP contribution in [0.25, 0.3) is 0 Å². The lowest BCUT2D eigenvalue weighted by atomic mass is 10.2. The molecule has 7 heteroatoms. The highest BCUT2D eigenvalue weighted by molar-refractivity contribution is 5.86. The third kappa shape index (κ3) is 5.26. The van der Waals surface area contributed by atoms with Crippen molar-refractivity contribution in [2.75, 3.05) is 27.7 Å². The Morgan fingerprint density at radius 1 is 1.42 bits per heavy atom. The lowest BCUT2D eigenvalue weighted by molar-refractivity contribution is -0.862. The van der Waals surface area contributed by atoms with E-state index in [2.05, 4.69) is 10.5 Å². The van der Waals surface area contributed by atoms with E-state index in [1.165, 1.54) is 12.3 Å². The van der Waals surface area contributed by atoms with Gasteiger partial charge in [-0.1, -0.05) is 12.1 Å². The first kappa shape index (κ1) is 14.8. The van der Waals surface area contributed by atoms with E-state index < -0.39 is 4.92 Å². The number of hydrogen-bond donors (Lipinski definition) is 1. The van der Waals surface area contributed by atoms with Crippen molar-refractivity contribution in [2.24, 2.45) is 5.10 Å². The average molecular weight is 265 g/mol. The van der Waals surface area contributed by atoms with Gasteiger partial charge in [-0.2, -0.15) is 5.10 Å². The monoisotopic (exact) mass is 265 g/mol. The second-order valence-electron chi connectivity index (χ2n) is 5.06. The van der Waals surface area contributed by atoms with Crippen LogP contribution in [-0.4, -0.2) is 49.2 Å². The van der Waals surface area contributed by atoms with Crippen LogP contribution in [0.15, 0.2) is 29.4 Å². The van der Waals surface area contributed by atoms with E-state index in [1.807, 2.05) is 21.1 Å². The zero-order chi connectivity index (χ0) is 14.5. The molecule has 1 amide bonds. The van der Waals surface area contributed by atoms with E-state index >= 15 is 0 Å². The molecule has 19 heavy (non-hydrogen) atoms. The largest absolute Gasteiger partial charge is 0.323 e. The van der Waals surface area contributed by atoms with Crippen molar-refractivity contribution >= 4 is 17.8 Å². The van der Waals surface area contributed by atoms with Gasteiger partial charge in [0.15, 0.2) is 6.54 Å². The highest BCUT2D eigenvalue weighted by Gasteiger charge is 2.14. The number of para-hydroxylation sites is 1. The molecule has 1 aromatic rings. The molecule has 1 rings (SSSR count). The average Bonchev–Trinajstić information content (AvgIpc) is 2.27. The summed E-state index contributed by atoms with van der Waals surface area (Å²) in [6, 6.07) is 6.19. The quantitative estimate of drug-likeness (QED) is 0.369. The summed E-state index contributed by atoms with van der Waals surface area (Å²) < 4.78 is 0.479. The maximum absolute atomic E-state index is 11.5. The number of likely N-dealkylation sites (N-methyl/N-ethyl adjacent to an activating group) is 1. The lowest BCUT2D eigenvalue weighted by Crippen LogP contribution is -2.43. The zero-order valence-corrected chi connectivity index (χ0v) is 11.2. The van der Waals surface area contributed by atoms with Crippen LogP contribution < -0.4 is 5.43 Å².